The highest BCUT2D eigenvalue weighted by atomic mass is 35.5. The Hall–Kier alpha value is -2.04. The van der Waals surface area contributed by atoms with Gasteiger partial charge in [-0.3, -0.25) is 4.79 Å². The van der Waals surface area contributed by atoms with Crippen LogP contribution in [0, 0.1) is 6.92 Å². The molecule has 0 fully saturated rings. The maximum absolute atomic E-state index is 10.9. The van der Waals surface area contributed by atoms with Gasteiger partial charge < -0.3 is 15.2 Å². The number of aryl methyl sites for hydroxylation is 1. The van der Waals surface area contributed by atoms with E-state index in [4.69, 9.17) is 21.4 Å². The zero-order chi connectivity index (χ0) is 16.8. The predicted octanol–water partition coefficient (Wildman–Crippen LogP) is 3.79. The van der Waals surface area contributed by atoms with Gasteiger partial charge in [0.25, 0.3) is 0 Å². The third-order valence-corrected chi connectivity index (χ3v) is 3.74. The number of rotatable bonds is 7. The molecular weight excluding hydrogens is 314 g/mol. The summed E-state index contributed by atoms with van der Waals surface area (Å²) < 4.78 is 5.86. The van der Waals surface area contributed by atoms with Crippen molar-refractivity contribution in [3.8, 4) is 5.75 Å². The van der Waals surface area contributed by atoms with Crippen molar-refractivity contribution in [3.63, 3.8) is 0 Å². The number of ether oxygens (including phenoxy) is 1. The number of aliphatic carboxylic acids is 1. The van der Waals surface area contributed by atoms with Crippen LogP contribution in [0.15, 0.2) is 42.5 Å². The largest absolute Gasteiger partial charge is 0.489 e. The smallest absolute Gasteiger partial charge is 0.320 e. The molecule has 0 heterocycles. The van der Waals surface area contributed by atoms with Gasteiger partial charge in [0.2, 0.25) is 0 Å². The van der Waals surface area contributed by atoms with Crippen LogP contribution in [0.3, 0.4) is 0 Å². The summed E-state index contributed by atoms with van der Waals surface area (Å²) >= 11 is 6.03. The van der Waals surface area contributed by atoms with Crippen molar-refractivity contribution < 1.29 is 14.6 Å². The van der Waals surface area contributed by atoms with E-state index in [1.165, 1.54) is 5.56 Å². The molecule has 0 aliphatic carbocycles. The highest BCUT2D eigenvalue weighted by molar-refractivity contribution is 6.30. The van der Waals surface area contributed by atoms with Gasteiger partial charge in [-0.1, -0.05) is 41.4 Å². The Morgan fingerprint density at radius 1 is 1.26 bits per heavy atom. The molecule has 0 aliphatic heterocycles. The van der Waals surface area contributed by atoms with Crippen LogP contribution in [0.2, 0.25) is 5.02 Å². The number of nitrogens with one attached hydrogen (secondary N) is 1. The van der Waals surface area contributed by atoms with Gasteiger partial charge in [0.1, 0.15) is 18.4 Å². The van der Waals surface area contributed by atoms with Gasteiger partial charge in [-0.2, -0.15) is 0 Å². The molecule has 0 saturated carbocycles. The summed E-state index contributed by atoms with van der Waals surface area (Å²) in [4.78, 5) is 10.9. The number of hydrogen-bond donors (Lipinski definition) is 2. The summed E-state index contributed by atoms with van der Waals surface area (Å²) in [6, 6.07) is 12.8. The van der Waals surface area contributed by atoms with E-state index in [0.717, 1.165) is 11.1 Å². The predicted molar refractivity (Wildman–Crippen MR) is 90.9 cm³/mol. The summed E-state index contributed by atoms with van der Waals surface area (Å²) in [5.41, 5.74) is 3.11. The third kappa shape index (κ3) is 5.27. The molecule has 0 aliphatic rings. The Balaban J connectivity index is 2.05. The topological polar surface area (TPSA) is 58.6 Å². The fraction of sp³-hybridized carbons (Fsp3) is 0.278. The maximum Gasteiger partial charge on any atom is 0.320 e. The fourth-order valence-electron chi connectivity index (χ4n) is 2.02. The Labute approximate surface area is 141 Å². The molecule has 2 aromatic rings. The highest BCUT2D eigenvalue weighted by Gasteiger charge is 2.12. The molecule has 1 unspecified atom stereocenters. The fourth-order valence-corrected chi connectivity index (χ4v) is 2.22. The monoisotopic (exact) mass is 333 g/mol. The van der Waals surface area contributed by atoms with E-state index < -0.39 is 12.0 Å². The van der Waals surface area contributed by atoms with Crippen molar-refractivity contribution in [2.75, 3.05) is 0 Å². The minimum absolute atomic E-state index is 0.372. The summed E-state index contributed by atoms with van der Waals surface area (Å²) in [7, 11) is 0. The number of carbonyl (C=O) groups is 1. The van der Waals surface area contributed by atoms with Crippen molar-refractivity contribution >= 4 is 17.6 Å². The van der Waals surface area contributed by atoms with E-state index in [-0.39, 0.29) is 0 Å². The lowest BCUT2D eigenvalue weighted by atomic mass is 10.1. The quantitative estimate of drug-likeness (QED) is 0.809. The minimum Gasteiger partial charge on any atom is -0.489 e. The lowest BCUT2D eigenvalue weighted by Crippen LogP contribution is -2.33. The first-order valence-corrected chi connectivity index (χ1v) is 7.76. The van der Waals surface area contributed by atoms with Crippen molar-refractivity contribution in [2.24, 2.45) is 0 Å². The van der Waals surface area contributed by atoms with E-state index in [2.05, 4.69) is 5.32 Å². The summed E-state index contributed by atoms with van der Waals surface area (Å²) in [6.07, 6.45) is 0. The number of carboxylic acid groups (broad SMARTS) is 1. The molecule has 0 bridgehead atoms. The molecule has 5 heteroatoms. The lowest BCUT2D eigenvalue weighted by molar-refractivity contribution is -0.139. The van der Waals surface area contributed by atoms with Gasteiger partial charge in [-0.05, 0) is 37.6 Å². The number of carboxylic acids is 1. The van der Waals surface area contributed by atoms with Crippen molar-refractivity contribution in [3.05, 3.63) is 64.2 Å². The second-order valence-electron chi connectivity index (χ2n) is 5.47. The second-order valence-corrected chi connectivity index (χ2v) is 5.90. The van der Waals surface area contributed by atoms with Crippen LogP contribution < -0.4 is 10.1 Å². The molecular formula is C18H20ClNO3. The van der Waals surface area contributed by atoms with E-state index in [0.29, 0.717) is 23.9 Å². The van der Waals surface area contributed by atoms with Crippen LogP contribution >= 0.6 is 11.6 Å². The Morgan fingerprint density at radius 2 is 1.96 bits per heavy atom. The molecule has 2 rings (SSSR count). The molecule has 0 saturated heterocycles. The van der Waals surface area contributed by atoms with Gasteiger partial charge in [0, 0.05) is 17.1 Å². The number of benzene rings is 2. The van der Waals surface area contributed by atoms with E-state index in [9.17, 15) is 4.79 Å². The van der Waals surface area contributed by atoms with Crippen LogP contribution in [0.25, 0.3) is 0 Å². The molecule has 0 spiro atoms. The minimum atomic E-state index is -0.894. The molecule has 0 amide bonds. The highest BCUT2D eigenvalue weighted by Crippen LogP contribution is 2.24. The molecule has 1 atom stereocenters. The number of halogens is 1. The molecule has 2 aromatic carbocycles. The normalized spacial score (nSPS) is 12.0. The molecule has 0 radical (unpaired) electrons. The van der Waals surface area contributed by atoms with Crippen molar-refractivity contribution in [1.29, 1.82) is 0 Å². The van der Waals surface area contributed by atoms with Crippen LogP contribution in [-0.2, 0) is 17.9 Å². The molecule has 0 aromatic heterocycles. The van der Waals surface area contributed by atoms with E-state index >= 15 is 0 Å². The summed E-state index contributed by atoms with van der Waals surface area (Å²) in [5, 5.41) is 12.5. The van der Waals surface area contributed by atoms with Crippen LogP contribution in [0.4, 0.5) is 0 Å². The average Bonchev–Trinajstić information content (AvgIpc) is 2.53. The maximum atomic E-state index is 10.9. The first-order valence-electron chi connectivity index (χ1n) is 7.38. The van der Waals surface area contributed by atoms with Gasteiger partial charge in [0.15, 0.2) is 0 Å². The molecule has 4 nitrogen and oxygen atoms in total. The van der Waals surface area contributed by atoms with Crippen LogP contribution in [0.5, 0.6) is 5.75 Å². The molecule has 23 heavy (non-hydrogen) atoms. The summed E-state index contributed by atoms with van der Waals surface area (Å²) in [5.74, 6) is -0.200. The van der Waals surface area contributed by atoms with Crippen molar-refractivity contribution in [2.45, 2.75) is 33.0 Å². The Kier molecular flexibility index (Phi) is 6.02. The Morgan fingerprint density at radius 3 is 2.61 bits per heavy atom. The van der Waals surface area contributed by atoms with Crippen LogP contribution in [-0.4, -0.2) is 17.1 Å². The zero-order valence-electron chi connectivity index (χ0n) is 13.2. The SMILES string of the molecule is Cc1ccc(COc2ccc(Cl)cc2CNC(C)C(=O)O)cc1. The van der Waals surface area contributed by atoms with Gasteiger partial charge in [-0.25, -0.2) is 0 Å². The van der Waals surface area contributed by atoms with Gasteiger partial charge in [-0.15, -0.1) is 0 Å². The summed E-state index contributed by atoms with van der Waals surface area (Å²) in [6.45, 7) is 4.46. The zero-order valence-corrected chi connectivity index (χ0v) is 13.9. The van der Waals surface area contributed by atoms with Crippen molar-refractivity contribution in [1.82, 2.24) is 5.32 Å². The standard InChI is InChI=1S/C18H20ClNO3/c1-12-3-5-14(6-4-12)11-23-17-8-7-16(19)9-15(17)10-20-13(2)18(21)22/h3-9,13,20H,10-11H2,1-2H3,(H,21,22). The first kappa shape index (κ1) is 17.3. The van der Waals surface area contributed by atoms with E-state index in [1.54, 1.807) is 25.1 Å². The second kappa shape index (κ2) is 7.99. The van der Waals surface area contributed by atoms with Crippen LogP contribution in [0.1, 0.15) is 23.6 Å². The Bertz CT molecular complexity index is 670. The number of hydrogen-bond acceptors (Lipinski definition) is 3. The van der Waals surface area contributed by atoms with Gasteiger partial charge >= 0.3 is 5.97 Å². The molecule has 122 valence electrons. The van der Waals surface area contributed by atoms with Gasteiger partial charge in [0.05, 0.1) is 0 Å². The lowest BCUT2D eigenvalue weighted by Gasteiger charge is -2.14. The average molecular weight is 334 g/mol. The molecule has 2 N–H and O–H groups in total. The first-order chi connectivity index (χ1) is 11.0. The third-order valence-electron chi connectivity index (χ3n) is 3.51. The van der Waals surface area contributed by atoms with E-state index in [1.807, 2.05) is 31.2 Å².